The van der Waals surface area contributed by atoms with Gasteiger partial charge in [0.15, 0.2) is 0 Å². The van der Waals surface area contributed by atoms with E-state index in [9.17, 15) is 0 Å². The van der Waals surface area contributed by atoms with E-state index in [2.05, 4.69) is 40.0 Å². The molecule has 0 aromatic heterocycles. The van der Waals surface area contributed by atoms with Crippen molar-refractivity contribution in [3.05, 3.63) is 34.9 Å². The summed E-state index contributed by atoms with van der Waals surface area (Å²) in [6, 6.07) is 8.28. The van der Waals surface area contributed by atoms with Crippen molar-refractivity contribution in [3.8, 4) is 0 Å². The molecule has 1 aliphatic heterocycles. The van der Waals surface area contributed by atoms with Gasteiger partial charge in [-0.15, -0.1) is 0 Å². The van der Waals surface area contributed by atoms with Crippen LogP contribution < -0.4 is 5.32 Å². The highest BCUT2D eigenvalue weighted by Crippen LogP contribution is 2.40. The van der Waals surface area contributed by atoms with Crippen LogP contribution in [0.4, 0.5) is 0 Å². The van der Waals surface area contributed by atoms with Crippen molar-refractivity contribution in [1.82, 2.24) is 5.32 Å². The van der Waals surface area contributed by atoms with Gasteiger partial charge in [0.2, 0.25) is 0 Å². The van der Waals surface area contributed by atoms with Crippen molar-refractivity contribution < 1.29 is 0 Å². The lowest BCUT2D eigenvalue weighted by Gasteiger charge is -2.32. The maximum absolute atomic E-state index is 5.88. The van der Waals surface area contributed by atoms with Crippen molar-refractivity contribution >= 4 is 34.2 Å². The molecule has 1 aromatic rings. The molecule has 1 saturated heterocycles. The average Bonchev–Trinajstić information content (AvgIpc) is 2.19. The Morgan fingerprint density at radius 3 is 2.29 bits per heavy atom. The summed E-state index contributed by atoms with van der Waals surface area (Å²) >= 11 is 8.47. The molecule has 0 bridgehead atoms. The van der Waals surface area contributed by atoms with Gasteiger partial charge < -0.3 is 5.32 Å². The van der Waals surface area contributed by atoms with Gasteiger partial charge in [-0.25, -0.2) is 0 Å². The van der Waals surface area contributed by atoms with Crippen molar-refractivity contribution in [2.24, 2.45) is 0 Å². The highest BCUT2D eigenvalue weighted by molar-refractivity contribution is 14.1. The fraction of sp³-hybridized carbons (Fsp3) is 0.455. The van der Waals surface area contributed by atoms with Gasteiger partial charge in [-0.3, -0.25) is 0 Å². The molecule has 0 saturated carbocycles. The highest BCUT2D eigenvalue weighted by atomic mass is 127. The minimum atomic E-state index is 0.313. The van der Waals surface area contributed by atoms with E-state index in [4.69, 9.17) is 11.6 Å². The molecule has 1 aromatic carbocycles. The monoisotopic (exact) mass is 321 g/mol. The number of benzene rings is 1. The number of rotatable bonds is 1. The van der Waals surface area contributed by atoms with Crippen LogP contribution in [0.2, 0.25) is 5.02 Å². The van der Waals surface area contributed by atoms with E-state index in [1.165, 1.54) is 18.4 Å². The molecule has 2 rings (SSSR count). The van der Waals surface area contributed by atoms with E-state index in [-0.39, 0.29) is 0 Å². The molecule has 76 valence electrons. The molecule has 0 aliphatic carbocycles. The first kappa shape index (κ1) is 10.7. The predicted molar refractivity (Wildman–Crippen MR) is 69.3 cm³/mol. The van der Waals surface area contributed by atoms with Crippen LogP contribution in [0.3, 0.4) is 0 Å². The van der Waals surface area contributed by atoms with Crippen molar-refractivity contribution in [2.45, 2.75) is 16.3 Å². The zero-order valence-electron chi connectivity index (χ0n) is 7.89. The summed E-state index contributed by atoms with van der Waals surface area (Å²) in [5.74, 6) is 0. The van der Waals surface area contributed by atoms with Gasteiger partial charge >= 0.3 is 0 Å². The second kappa shape index (κ2) is 4.37. The summed E-state index contributed by atoms with van der Waals surface area (Å²) in [6.45, 7) is 2.23. The Hall–Kier alpha value is 0.200. The molecule has 0 unspecified atom stereocenters. The Morgan fingerprint density at radius 2 is 1.71 bits per heavy atom. The smallest absolute Gasteiger partial charge is 0.0494 e. The second-order valence-electron chi connectivity index (χ2n) is 3.72. The quantitative estimate of drug-likeness (QED) is 0.618. The number of nitrogens with one attached hydrogen (secondary N) is 1. The normalized spacial score (nSPS) is 20.7. The van der Waals surface area contributed by atoms with Crippen LogP contribution >= 0.6 is 34.2 Å². The average molecular weight is 322 g/mol. The van der Waals surface area contributed by atoms with Gasteiger partial charge in [0.1, 0.15) is 0 Å². The zero-order valence-corrected chi connectivity index (χ0v) is 10.8. The topological polar surface area (TPSA) is 12.0 Å². The maximum Gasteiger partial charge on any atom is 0.0494 e. The van der Waals surface area contributed by atoms with Crippen molar-refractivity contribution in [3.63, 3.8) is 0 Å². The largest absolute Gasteiger partial charge is 0.317 e. The number of piperidine rings is 1. The Labute approximate surface area is 103 Å². The van der Waals surface area contributed by atoms with E-state index >= 15 is 0 Å². The fourth-order valence-electron chi connectivity index (χ4n) is 1.86. The summed E-state index contributed by atoms with van der Waals surface area (Å²) < 4.78 is 0.313. The van der Waals surface area contributed by atoms with Crippen LogP contribution in [-0.2, 0) is 3.42 Å². The fourth-order valence-corrected chi connectivity index (χ4v) is 2.89. The summed E-state index contributed by atoms with van der Waals surface area (Å²) in [5.41, 5.74) is 1.41. The lowest BCUT2D eigenvalue weighted by atomic mass is 9.90. The van der Waals surface area contributed by atoms with E-state index in [0.29, 0.717) is 3.42 Å². The first-order valence-electron chi connectivity index (χ1n) is 4.86. The molecule has 1 N–H and O–H groups in total. The van der Waals surface area contributed by atoms with Gasteiger partial charge in [-0.1, -0.05) is 46.3 Å². The van der Waals surface area contributed by atoms with Gasteiger partial charge in [0.25, 0.3) is 0 Å². The lowest BCUT2D eigenvalue weighted by Crippen LogP contribution is -2.35. The van der Waals surface area contributed by atoms with Crippen LogP contribution in [0, 0.1) is 0 Å². The van der Waals surface area contributed by atoms with E-state index in [0.717, 1.165) is 18.1 Å². The predicted octanol–water partition coefficient (Wildman–Crippen LogP) is 3.35. The lowest BCUT2D eigenvalue weighted by molar-refractivity contribution is 0.443. The number of halogens is 2. The minimum absolute atomic E-state index is 0.313. The Bertz CT molecular complexity index is 304. The number of hydrogen-bond donors (Lipinski definition) is 1. The Morgan fingerprint density at radius 1 is 1.14 bits per heavy atom. The zero-order chi connectivity index (χ0) is 10.0. The SMILES string of the molecule is Clc1ccc(C2(I)CCNCC2)cc1. The molecule has 0 atom stereocenters. The van der Waals surface area contributed by atoms with E-state index in [1.807, 2.05) is 12.1 Å². The standard InChI is InChI=1S/C11H13ClIN/c12-10-3-1-9(2-4-10)11(13)5-7-14-8-6-11/h1-4,14H,5-8H2. The molecule has 3 heteroatoms. The number of alkyl halides is 1. The van der Waals surface area contributed by atoms with Gasteiger partial charge in [0.05, 0.1) is 0 Å². The van der Waals surface area contributed by atoms with Crippen LogP contribution in [0.5, 0.6) is 0 Å². The first-order chi connectivity index (χ1) is 6.71. The molecule has 1 heterocycles. The van der Waals surface area contributed by atoms with Crippen molar-refractivity contribution in [2.75, 3.05) is 13.1 Å². The summed E-state index contributed by atoms with van der Waals surface area (Å²) in [5, 5.41) is 4.21. The molecule has 1 aliphatic rings. The molecule has 1 nitrogen and oxygen atoms in total. The third kappa shape index (κ3) is 2.23. The maximum atomic E-state index is 5.88. The highest BCUT2D eigenvalue weighted by Gasteiger charge is 2.30. The molecule has 0 radical (unpaired) electrons. The third-order valence-corrected chi connectivity index (χ3v) is 4.71. The molecule has 0 spiro atoms. The molecular formula is C11H13ClIN. The second-order valence-corrected chi connectivity index (χ2v) is 6.22. The summed E-state index contributed by atoms with van der Waals surface area (Å²) in [6.07, 6.45) is 2.41. The van der Waals surface area contributed by atoms with Crippen LogP contribution in [0.25, 0.3) is 0 Å². The molecular weight excluding hydrogens is 308 g/mol. The Kier molecular flexibility index (Phi) is 3.34. The van der Waals surface area contributed by atoms with Gasteiger partial charge in [-0.05, 0) is 43.6 Å². The third-order valence-electron chi connectivity index (χ3n) is 2.76. The summed E-state index contributed by atoms with van der Waals surface area (Å²) in [4.78, 5) is 0. The van der Waals surface area contributed by atoms with Crippen LogP contribution in [0.15, 0.2) is 24.3 Å². The molecule has 1 fully saturated rings. The van der Waals surface area contributed by atoms with Crippen molar-refractivity contribution in [1.29, 1.82) is 0 Å². The van der Waals surface area contributed by atoms with Crippen LogP contribution in [-0.4, -0.2) is 13.1 Å². The molecule has 0 amide bonds. The van der Waals surface area contributed by atoms with Crippen LogP contribution in [0.1, 0.15) is 18.4 Å². The first-order valence-corrected chi connectivity index (χ1v) is 6.32. The van der Waals surface area contributed by atoms with E-state index < -0.39 is 0 Å². The van der Waals surface area contributed by atoms with Gasteiger partial charge in [-0.2, -0.15) is 0 Å². The molecule has 14 heavy (non-hydrogen) atoms. The number of hydrogen-bond acceptors (Lipinski definition) is 1. The van der Waals surface area contributed by atoms with E-state index in [1.54, 1.807) is 0 Å². The van der Waals surface area contributed by atoms with Gasteiger partial charge in [0, 0.05) is 8.44 Å². The Balaban J connectivity index is 2.23. The minimum Gasteiger partial charge on any atom is -0.317 e. The summed E-state index contributed by atoms with van der Waals surface area (Å²) in [7, 11) is 0.